The lowest BCUT2D eigenvalue weighted by atomic mass is 10.1. The van der Waals surface area contributed by atoms with Crippen LogP contribution in [0, 0.1) is 5.82 Å². The van der Waals surface area contributed by atoms with Crippen molar-refractivity contribution >= 4 is 10.9 Å². The van der Waals surface area contributed by atoms with Crippen LogP contribution in [-0.4, -0.2) is 49.3 Å². The average molecular weight is 385 g/mol. The zero-order valence-electron chi connectivity index (χ0n) is 17.0. The first-order chi connectivity index (χ1) is 13.6. The second-order valence-electron chi connectivity index (χ2n) is 8.07. The molecule has 7 heteroatoms. The lowest BCUT2D eigenvalue weighted by molar-refractivity contribution is 0.177. The zero-order valence-corrected chi connectivity index (χ0v) is 17.0. The van der Waals surface area contributed by atoms with Gasteiger partial charge >= 0.3 is 0 Å². The molecule has 4 rings (SSSR count). The normalized spacial score (nSPS) is 16.5. The molecule has 3 aromatic rings. The number of para-hydroxylation sites is 1. The van der Waals surface area contributed by atoms with E-state index in [0.717, 1.165) is 37.0 Å². The topological polar surface area (TPSA) is 51.8 Å². The van der Waals surface area contributed by atoms with E-state index in [4.69, 9.17) is 0 Å². The number of piperidine rings is 1. The number of hydrogen-bond donors (Lipinski definition) is 0. The van der Waals surface area contributed by atoms with E-state index in [0.29, 0.717) is 17.4 Å². The van der Waals surface area contributed by atoms with Crippen molar-refractivity contribution in [3.05, 3.63) is 35.9 Å². The van der Waals surface area contributed by atoms with E-state index in [1.165, 1.54) is 25.5 Å². The smallest absolute Gasteiger partial charge is 0.196 e. The number of rotatable bonds is 6. The van der Waals surface area contributed by atoms with Gasteiger partial charge in [-0.15, -0.1) is 5.10 Å². The standard InChI is InChI=1S/C21H29FN6/c1-4-5-11-26-12-9-16(10-13-26)27-14-19(23-25-27)28-21-17(7-6-8-18(21)22)20(24-28)15(2)3/h6-8,14-16H,4-5,9-13H2,1-3H3. The van der Waals surface area contributed by atoms with Crippen LogP contribution in [0.1, 0.15) is 64.1 Å². The number of hydrogen-bond acceptors (Lipinski definition) is 4. The van der Waals surface area contributed by atoms with E-state index >= 15 is 0 Å². The van der Waals surface area contributed by atoms with Gasteiger partial charge in [-0.1, -0.05) is 44.5 Å². The average Bonchev–Trinajstić information content (AvgIpc) is 3.32. The van der Waals surface area contributed by atoms with Gasteiger partial charge < -0.3 is 4.90 Å². The van der Waals surface area contributed by atoms with Gasteiger partial charge in [0.1, 0.15) is 11.3 Å². The molecule has 0 spiro atoms. The number of benzene rings is 1. The highest BCUT2D eigenvalue weighted by atomic mass is 19.1. The van der Waals surface area contributed by atoms with Crippen LogP contribution in [0.4, 0.5) is 4.39 Å². The highest BCUT2D eigenvalue weighted by Gasteiger charge is 2.23. The SMILES string of the molecule is CCCCN1CCC(n2cc(-n3nc(C(C)C)c4cccc(F)c43)nn2)CC1. The maximum absolute atomic E-state index is 14.6. The predicted molar refractivity (Wildman–Crippen MR) is 108 cm³/mol. The number of aromatic nitrogens is 5. The van der Waals surface area contributed by atoms with Crippen molar-refractivity contribution < 1.29 is 4.39 Å². The van der Waals surface area contributed by atoms with Crippen LogP contribution in [0.15, 0.2) is 24.4 Å². The van der Waals surface area contributed by atoms with E-state index in [1.54, 1.807) is 10.7 Å². The van der Waals surface area contributed by atoms with Gasteiger partial charge in [0.15, 0.2) is 5.82 Å². The molecule has 0 aliphatic carbocycles. The van der Waals surface area contributed by atoms with Crippen LogP contribution in [-0.2, 0) is 0 Å². The monoisotopic (exact) mass is 384 g/mol. The second-order valence-corrected chi connectivity index (χ2v) is 8.07. The lowest BCUT2D eigenvalue weighted by Gasteiger charge is -2.31. The van der Waals surface area contributed by atoms with Gasteiger partial charge in [-0.3, -0.25) is 0 Å². The minimum Gasteiger partial charge on any atom is -0.303 e. The molecule has 1 aliphatic rings. The van der Waals surface area contributed by atoms with Crippen molar-refractivity contribution in [3.8, 4) is 5.82 Å². The van der Waals surface area contributed by atoms with E-state index in [2.05, 4.69) is 41.1 Å². The summed E-state index contributed by atoms with van der Waals surface area (Å²) in [4.78, 5) is 2.53. The number of fused-ring (bicyclic) bond motifs is 1. The zero-order chi connectivity index (χ0) is 19.7. The highest BCUT2D eigenvalue weighted by Crippen LogP contribution is 2.29. The van der Waals surface area contributed by atoms with Gasteiger partial charge in [-0.25, -0.2) is 13.8 Å². The summed E-state index contributed by atoms with van der Waals surface area (Å²) in [6.07, 6.45) is 6.54. The third kappa shape index (κ3) is 3.55. The van der Waals surface area contributed by atoms with Crippen molar-refractivity contribution in [1.29, 1.82) is 0 Å². The van der Waals surface area contributed by atoms with Crippen LogP contribution in [0.2, 0.25) is 0 Å². The first kappa shape index (κ1) is 19.1. The summed E-state index contributed by atoms with van der Waals surface area (Å²) in [5, 5.41) is 14.2. The van der Waals surface area contributed by atoms with Crippen molar-refractivity contribution in [2.24, 2.45) is 0 Å². The van der Waals surface area contributed by atoms with Crippen LogP contribution < -0.4 is 0 Å². The van der Waals surface area contributed by atoms with Gasteiger partial charge in [0.05, 0.1) is 17.9 Å². The summed E-state index contributed by atoms with van der Waals surface area (Å²) < 4.78 is 18.1. The third-order valence-electron chi connectivity index (χ3n) is 5.70. The largest absolute Gasteiger partial charge is 0.303 e. The minimum absolute atomic E-state index is 0.202. The first-order valence-corrected chi connectivity index (χ1v) is 10.4. The van der Waals surface area contributed by atoms with Gasteiger partial charge in [0.2, 0.25) is 0 Å². The molecule has 1 saturated heterocycles. The molecule has 6 nitrogen and oxygen atoms in total. The van der Waals surface area contributed by atoms with Crippen LogP contribution in [0.3, 0.4) is 0 Å². The van der Waals surface area contributed by atoms with Gasteiger partial charge in [0, 0.05) is 18.5 Å². The van der Waals surface area contributed by atoms with E-state index < -0.39 is 0 Å². The van der Waals surface area contributed by atoms with E-state index in [1.807, 2.05) is 16.9 Å². The molecule has 1 fully saturated rings. The highest BCUT2D eigenvalue weighted by molar-refractivity contribution is 5.84. The molecule has 2 aromatic heterocycles. The molecular formula is C21H29FN6. The molecule has 0 saturated carbocycles. The van der Waals surface area contributed by atoms with Crippen LogP contribution in [0.5, 0.6) is 0 Å². The quantitative estimate of drug-likeness (QED) is 0.635. The third-order valence-corrected chi connectivity index (χ3v) is 5.70. The molecule has 0 atom stereocenters. The molecule has 1 aliphatic heterocycles. The number of nitrogens with zero attached hydrogens (tertiary/aromatic N) is 6. The van der Waals surface area contributed by atoms with Crippen molar-refractivity contribution in [3.63, 3.8) is 0 Å². The Kier molecular flexibility index (Phi) is 5.44. The Hall–Kier alpha value is -2.28. The van der Waals surface area contributed by atoms with Crippen molar-refractivity contribution in [1.82, 2.24) is 29.7 Å². The Morgan fingerprint density at radius 3 is 2.71 bits per heavy atom. The second kappa shape index (κ2) is 7.99. The summed E-state index contributed by atoms with van der Waals surface area (Å²) in [7, 11) is 0. The summed E-state index contributed by atoms with van der Waals surface area (Å²) in [6, 6.07) is 5.48. The Morgan fingerprint density at radius 1 is 1.21 bits per heavy atom. The molecule has 28 heavy (non-hydrogen) atoms. The summed E-state index contributed by atoms with van der Waals surface area (Å²) in [5.41, 5.74) is 1.36. The molecule has 0 amide bonds. The fraction of sp³-hybridized carbons (Fsp3) is 0.571. The molecule has 3 heterocycles. The molecular weight excluding hydrogens is 355 g/mol. The predicted octanol–water partition coefficient (Wildman–Crippen LogP) is 4.32. The lowest BCUT2D eigenvalue weighted by Crippen LogP contribution is -2.35. The van der Waals surface area contributed by atoms with Crippen LogP contribution >= 0.6 is 0 Å². The van der Waals surface area contributed by atoms with Crippen LogP contribution in [0.25, 0.3) is 16.7 Å². The Labute approximate surface area is 165 Å². The molecule has 0 radical (unpaired) electrons. The summed E-state index contributed by atoms with van der Waals surface area (Å²) >= 11 is 0. The van der Waals surface area contributed by atoms with E-state index in [-0.39, 0.29) is 11.7 Å². The first-order valence-electron chi connectivity index (χ1n) is 10.4. The minimum atomic E-state index is -0.282. The molecule has 0 unspecified atom stereocenters. The Bertz CT molecular complexity index is 936. The maximum Gasteiger partial charge on any atom is 0.196 e. The van der Waals surface area contributed by atoms with E-state index in [9.17, 15) is 4.39 Å². The van der Waals surface area contributed by atoms with Gasteiger partial charge in [-0.05, 0) is 37.8 Å². The maximum atomic E-state index is 14.6. The number of likely N-dealkylation sites (tertiary alicyclic amines) is 1. The summed E-state index contributed by atoms with van der Waals surface area (Å²) in [5.74, 6) is 0.499. The number of halogens is 1. The Balaban J connectivity index is 1.59. The number of unbranched alkanes of at least 4 members (excludes halogenated alkanes) is 1. The fourth-order valence-electron chi connectivity index (χ4n) is 4.07. The molecule has 150 valence electrons. The summed E-state index contributed by atoms with van der Waals surface area (Å²) in [6.45, 7) is 9.74. The molecule has 0 N–H and O–H groups in total. The van der Waals surface area contributed by atoms with Crippen molar-refractivity contribution in [2.45, 2.75) is 58.4 Å². The fourth-order valence-corrected chi connectivity index (χ4v) is 4.07. The Morgan fingerprint density at radius 2 is 2.00 bits per heavy atom. The van der Waals surface area contributed by atoms with Crippen molar-refractivity contribution in [2.75, 3.05) is 19.6 Å². The molecule has 1 aromatic carbocycles. The van der Waals surface area contributed by atoms with Gasteiger partial charge in [-0.2, -0.15) is 5.10 Å². The molecule has 0 bridgehead atoms. The van der Waals surface area contributed by atoms with Gasteiger partial charge in [0.25, 0.3) is 0 Å².